The molecule has 3 heteroatoms. The van der Waals surface area contributed by atoms with E-state index in [4.69, 9.17) is 0 Å². The zero-order valence-corrected chi connectivity index (χ0v) is 13.2. The number of hydrogen-bond acceptors (Lipinski definition) is 3. The lowest BCUT2D eigenvalue weighted by molar-refractivity contribution is -0.117. The van der Waals surface area contributed by atoms with Crippen molar-refractivity contribution in [3.05, 3.63) is 46.7 Å². The van der Waals surface area contributed by atoms with Gasteiger partial charge in [0.2, 0.25) is 0 Å². The summed E-state index contributed by atoms with van der Waals surface area (Å²) in [5.74, 6) is 0.177. The third kappa shape index (κ3) is 3.81. The van der Waals surface area contributed by atoms with Crippen LogP contribution in [0, 0.1) is 12.3 Å². The molecule has 0 saturated carbocycles. The van der Waals surface area contributed by atoms with Gasteiger partial charge in [-0.3, -0.25) is 9.79 Å². The first-order chi connectivity index (χ1) is 9.78. The van der Waals surface area contributed by atoms with Gasteiger partial charge in [-0.2, -0.15) is 0 Å². The summed E-state index contributed by atoms with van der Waals surface area (Å²) in [6, 6.07) is 8.14. The van der Waals surface area contributed by atoms with Gasteiger partial charge in [-0.15, -0.1) is 0 Å². The van der Waals surface area contributed by atoms with Crippen molar-refractivity contribution in [2.75, 3.05) is 0 Å². The highest BCUT2D eigenvalue weighted by molar-refractivity contribution is 6.22. The van der Waals surface area contributed by atoms with Crippen LogP contribution in [0.25, 0.3) is 0 Å². The van der Waals surface area contributed by atoms with Crippen molar-refractivity contribution in [3.8, 4) is 0 Å². The molecule has 0 aromatic heterocycles. The van der Waals surface area contributed by atoms with Gasteiger partial charge < -0.3 is 5.11 Å². The molecule has 1 N–H and O–H groups in total. The molecule has 0 saturated heterocycles. The molecule has 112 valence electrons. The van der Waals surface area contributed by atoms with Crippen LogP contribution in [-0.2, 0) is 11.3 Å². The summed E-state index contributed by atoms with van der Waals surface area (Å²) < 4.78 is 0. The number of carbonyl (C=O) groups excluding carboxylic acids is 1. The average molecular weight is 285 g/mol. The number of nitrogens with zero attached hydrogens (tertiary/aromatic N) is 1. The molecule has 2 rings (SSSR count). The minimum Gasteiger partial charge on any atom is -0.511 e. The molecule has 0 aliphatic heterocycles. The van der Waals surface area contributed by atoms with Gasteiger partial charge in [0, 0.05) is 18.6 Å². The highest BCUT2D eigenvalue weighted by Crippen LogP contribution is 2.36. The molecule has 0 bridgehead atoms. The maximum absolute atomic E-state index is 12.2. The maximum atomic E-state index is 12.2. The van der Waals surface area contributed by atoms with Crippen molar-refractivity contribution in [3.63, 3.8) is 0 Å². The first-order valence-electron chi connectivity index (χ1n) is 7.31. The average Bonchev–Trinajstić information content (AvgIpc) is 2.34. The lowest BCUT2D eigenvalue weighted by Gasteiger charge is -2.29. The molecule has 0 spiro atoms. The second kappa shape index (κ2) is 5.84. The fourth-order valence-electron chi connectivity index (χ4n) is 2.80. The number of carbonyl (C=O) groups is 1. The van der Waals surface area contributed by atoms with E-state index in [0.29, 0.717) is 30.7 Å². The number of rotatable bonds is 3. The Morgan fingerprint density at radius 3 is 2.67 bits per heavy atom. The SMILES string of the molecule is CC(=NCc1cccc(C)c1)C1=C(O)CC(C)(C)CC1=O. The fraction of sp³-hybridized carbons (Fsp3) is 0.444. The first kappa shape index (κ1) is 15.5. The van der Waals surface area contributed by atoms with Crippen molar-refractivity contribution in [1.82, 2.24) is 0 Å². The van der Waals surface area contributed by atoms with Gasteiger partial charge in [0.25, 0.3) is 0 Å². The van der Waals surface area contributed by atoms with E-state index in [0.717, 1.165) is 5.56 Å². The molecule has 0 amide bonds. The number of benzene rings is 1. The molecular weight excluding hydrogens is 262 g/mol. The van der Waals surface area contributed by atoms with Gasteiger partial charge in [-0.1, -0.05) is 43.7 Å². The molecule has 1 aromatic carbocycles. The molecule has 1 aromatic rings. The van der Waals surface area contributed by atoms with Gasteiger partial charge in [0.1, 0.15) is 5.76 Å². The number of aliphatic hydroxyl groups is 1. The Hall–Kier alpha value is -1.90. The summed E-state index contributed by atoms with van der Waals surface area (Å²) in [6.45, 7) is 8.37. The van der Waals surface area contributed by atoms with E-state index >= 15 is 0 Å². The molecule has 0 fully saturated rings. The van der Waals surface area contributed by atoms with Crippen LogP contribution < -0.4 is 0 Å². The van der Waals surface area contributed by atoms with E-state index in [2.05, 4.69) is 11.1 Å². The van der Waals surface area contributed by atoms with Crippen molar-refractivity contribution in [1.29, 1.82) is 0 Å². The number of aliphatic imine (C=N–C) groups is 1. The monoisotopic (exact) mass is 285 g/mol. The van der Waals surface area contributed by atoms with Crippen molar-refractivity contribution in [2.45, 2.75) is 47.1 Å². The Labute approximate surface area is 126 Å². The molecule has 1 aliphatic carbocycles. The van der Waals surface area contributed by atoms with Crippen LogP contribution in [0.5, 0.6) is 0 Å². The lowest BCUT2D eigenvalue weighted by Crippen LogP contribution is -2.28. The van der Waals surface area contributed by atoms with E-state index in [9.17, 15) is 9.90 Å². The Kier molecular flexibility index (Phi) is 4.31. The standard InChI is InChI=1S/C18H23NO2/c1-12-6-5-7-14(8-12)11-19-13(2)17-15(20)9-18(3,4)10-16(17)21/h5-8,20H,9-11H2,1-4H3. The third-order valence-corrected chi connectivity index (χ3v) is 3.80. The van der Waals surface area contributed by atoms with Crippen molar-refractivity contribution < 1.29 is 9.90 Å². The number of aryl methyl sites for hydroxylation is 1. The Balaban J connectivity index is 2.21. The molecule has 0 unspecified atom stereocenters. The summed E-state index contributed by atoms with van der Waals surface area (Å²) in [7, 11) is 0. The molecule has 0 heterocycles. The van der Waals surface area contributed by atoms with E-state index in [1.807, 2.05) is 39.0 Å². The Morgan fingerprint density at radius 1 is 1.33 bits per heavy atom. The van der Waals surface area contributed by atoms with Crippen molar-refractivity contribution in [2.24, 2.45) is 10.4 Å². The number of aliphatic hydroxyl groups excluding tert-OH is 1. The van der Waals surface area contributed by atoms with Gasteiger partial charge in [-0.25, -0.2) is 0 Å². The van der Waals surface area contributed by atoms with E-state index in [1.54, 1.807) is 6.92 Å². The van der Waals surface area contributed by atoms with E-state index in [1.165, 1.54) is 5.56 Å². The fourth-order valence-corrected chi connectivity index (χ4v) is 2.80. The molecule has 0 radical (unpaired) electrons. The summed E-state index contributed by atoms with van der Waals surface area (Å²) >= 11 is 0. The predicted octanol–water partition coefficient (Wildman–Crippen LogP) is 4.16. The first-order valence-corrected chi connectivity index (χ1v) is 7.31. The van der Waals surface area contributed by atoms with Gasteiger partial charge >= 0.3 is 0 Å². The number of allylic oxidation sites excluding steroid dienone is 2. The second-order valence-corrected chi connectivity index (χ2v) is 6.65. The quantitative estimate of drug-likeness (QED) is 0.848. The van der Waals surface area contributed by atoms with Gasteiger partial charge in [0.15, 0.2) is 5.78 Å². The molecule has 3 nitrogen and oxygen atoms in total. The van der Waals surface area contributed by atoms with Crippen molar-refractivity contribution >= 4 is 11.5 Å². The number of ketones is 1. The van der Waals surface area contributed by atoms with Crippen LogP contribution in [-0.4, -0.2) is 16.6 Å². The Bertz CT molecular complexity index is 624. The molecular formula is C18H23NO2. The van der Waals surface area contributed by atoms with Gasteiger partial charge in [0.05, 0.1) is 12.1 Å². The zero-order valence-electron chi connectivity index (χ0n) is 13.2. The zero-order chi connectivity index (χ0) is 15.6. The topological polar surface area (TPSA) is 49.7 Å². The molecule has 0 atom stereocenters. The number of hydrogen-bond donors (Lipinski definition) is 1. The van der Waals surface area contributed by atoms with E-state index in [-0.39, 0.29) is 17.0 Å². The lowest BCUT2D eigenvalue weighted by atomic mass is 9.76. The second-order valence-electron chi connectivity index (χ2n) is 6.65. The Morgan fingerprint density at radius 2 is 2.05 bits per heavy atom. The summed E-state index contributed by atoms with van der Waals surface area (Å²) in [4.78, 5) is 16.7. The number of Topliss-reactive ketones (excluding diaryl/α,β-unsaturated/α-hetero) is 1. The van der Waals surface area contributed by atoms with Crippen LogP contribution in [0.1, 0.15) is 44.7 Å². The molecule has 1 aliphatic rings. The van der Waals surface area contributed by atoms with Crippen LogP contribution in [0.4, 0.5) is 0 Å². The summed E-state index contributed by atoms with van der Waals surface area (Å²) in [6.07, 6.45) is 0.995. The van der Waals surface area contributed by atoms with Crippen LogP contribution in [0.3, 0.4) is 0 Å². The largest absolute Gasteiger partial charge is 0.511 e. The normalized spacial score (nSPS) is 19.0. The summed E-state index contributed by atoms with van der Waals surface area (Å²) in [5.41, 5.74) is 3.19. The maximum Gasteiger partial charge on any atom is 0.168 e. The van der Waals surface area contributed by atoms with Crippen LogP contribution >= 0.6 is 0 Å². The van der Waals surface area contributed by atoms with Gasteiger partial charge in [-0.05, 0) is 24.8 Å². The smallest absolute Gasteiger partial charge is 0.168 e. The van der Waals surface area contributed by atoms with E-state index < -0.39 is 0 Å². The predicted molar refractivity (Wildman–Crippen MR) is 85.7 cm³/mol. The minimum atomic E-state index is -0.165. The minimum absolute atomic E-state index is 0.00533. The van der Waals surface area contributed by atoms with Crippen LogP contribution in [0.15, 0.2) is 40.6 Å². The molecule has 21 heavy (non-hydrogen) atoms. The highest BCUT2D eigenvalue weighted by atomic mass is 16.3. The third-order valence-electron chi connectivity index (χ3n) is 3.80. The summed E-state index contributed by atoms with van der Waals surface area (Å²) in [5, 5.41) is 10.2. The highest BCUT2D eigenvalue weighted by Gasteiger charge is 2.33. The van der Waals surface area contributed by atoms with Crippen LogP contribution in [0.2, 0.25) is 0 Å².